The molecule has 0 fully saturated rings. The molecule has 1 nitrogen and oxygen atoms in total. The van der Waals surface area contributed by atoms with E-state index in [0.29, 0.717) is 5.75 Å². The zero-order chi connectivity index (χ0) is 11.1. The second-order valence-corrected chi connectivity index (χ2v) is 4.11. The summed E-state index contributed by atoms with van der Waals surface area (Å²) in [4.78, 5) is 0. The molecule has 0 aromatic heterocycles. The standard InChI is InChI=1S/C14H11BO/c15-12-7-8-13(16)14-10-4-2-1-3-9(10)5-6-11(12)14/h1-8,16H,15H2. The molecule has 16 heavy (non-hydrogen) atoms. The van der Waals surface area contributed by atoms with E-state index >= 15 is 0 Å². The van der Waals surface area contributed by atoms with Crippen molar-refractivity contribution in [3.63, 3.8) is 0 Å². The van der Waals surface area contributed by atoms with Gasteiger partial charge < -0.3 is 5.11 Å². The van der Waals surface area contributed by atoms with Crippen LogP contribution in [0, 0.1) is 0 Å². The van der Waals surface area contributed by atoms with Crippen molar-refractivity contribution >= 4 is 34.9 Å². The van der Waals surface area contributed by atoms with Crippen LogP contribution in [-0.2, 0) is 0 Å². The number of aromatic hydroxyl groups is 1. The predicted molar refractivity (Wildman–Crippen MR) is 71.3 cm³/mol. The highest BCUT2D eigenvalue weighted by Crippen LogP contribution is 2.30. The molecule has 3 rings (SSSR count). The maximum Gasteiger partial charge on any atom is 0.140 e. The first-order valence-corrected chi connectivity index (χ1v) is 5.37. The molecule has 0 saturated carbocycles. The molecule has 0 atom stereocenters. The summed E-state index contributed by atoms with van der Waals surface area (Å²) in [6, 6.07) is 16.0. The molecule has 76 valence electrons. The first-order valence-electron chi connectivity index (χ1n) is 5.37. The third kappa shape index (κ3) is 1.20. The van der Waals surface area contributed by atoms with Crippen LogP contribution in [0.1, 0.15) is 0 Å². The topological polar surface area (TPSA) is 20.2 Å². The number of hydrogen-bond donors (Lipinski definition) is 1. The summed E-state index contributed by atoms with van der Waals surface area (Å²) in [6.07, 6.45) is 0. The Morgan fingerprint density at radius 3 is 2.50 bits per heavy atom. The molecule has 3 aromatic rings. The summed E-state index contributed by atoms with van der Waals surface area (Å²) in [5.41, 5.74) is 1.19. The first kappa shape index (κ1) is 9.28. The van der Waals surface area contributed by atoms with Crippen LogP contribution >= 0.6 is 0 Å². The molecule has 1 N–H and O–H groups in total. The van der Waals surface area contributed by atoms with E-state index in [9.17, 15) is 5.11 Å². The third-order valence-corrected chi connectivity index (χ3v) is 3.10. The van der Waals surface area contributed by atoms with Crippen molar-refractivity contribution in [2.75, 3.05) is 0 Å². The maximum atomic E-state index is 9.99. The van der Waals surface area contributed by atoms with Gasteiger partial charge in [0.05, 0.1) is 0 Å². The van der Waals surface area contributed by atoms with Gasteiger partial charge in [-0.1, -0.05) is 47.9 Å². The van der Waals surface area contributed by atoms with E-state index in [4.69, 9.17) is 0 Å². The molecule has 0 saturated heterocycles. The van der Waals surface area contributed by atoms with Gasteiger partial charge in [0.1, 0.15) is 13.6 Å². The number of phenolic OH excluding ortho intramolecular Hbond substituents is 1. The van der Waals surface area contributed by atoms with E-state index in [-0.39, 0.29) is 0 Å². The summed E-state index contributed by atoms with van der Waals surface area (Å²) >= 11 is 0. The smallest absolute Gasteiger partial charge is 0.140 e. The van der Waals surface area contributed by atoms with Crippen molar-refractivity contribution < 1.29 is 5.11 Å². The van der Waals surface area contributed by atoms with Gasteiger partial charge in [-0.2, -0.15) is 0 Å². The van der Waals surface area contributed by atoms with E-state index in [1.165, 1.54) is 5.46 Å². The number of rotatable bonds is 0. The lowest BCUT2D eigenvalue weighted by molar-refractivity contribution is 0.482. The van der Waals surface area contributed by atoms with Crippen molar-refractivity contribution in [1.29, 1.82) is 0 Å². The van der Waals surface area contributed by atoms with Gasteiger partial charge in [0, 0.05) is 5.39 Å². The minimum Gasteiger partial charge on any atom is -0.507 e. The molecule has 2 heteroatoms. The van der Waals surface area contributed by atoms with E-state index in [2.05, 4.69) is 32.1 Å². The minimum absolute atomic E-state index is 0.359. The second-order valence-electron chi connectivity index (χ2n) is 4.11. The van der Waals surface area contributed by atoms with Crippen LogP contribution in [0.25, 0.3) is 21.5 Å². The van der Waals surface area contributed by atoms with Gasteiger partial charge in [0.15, 0.2) is 0 Å². The van der Waals surface area contributed by atoms with Gasteiger partial charge in [-0.3, -0.25) is 0 Å². The van der Waals surface area contributed by atoms with Crippen molar-refractivity contribution in [2.45, 2.75) is 0 Å². The highest BCUT2D eigenvalue weighted by atomic mass is 16.3. The summed E-state index contributed by atoms with van der Waals surface area (Å²) in [5.74, 6) is 0.359. The van der Waals surface area contributed by atoms with Gasteiger partial charge in [0.25, 0.3) is 0 Å². The molecule has 0 bridgehead atoms. The van der Waals surface area contributed by atoms with Crippen LogP contribution in [0.3, 0.4) is 0 Å². The van der Waals surface area contributed by atoms with Crippen LogP contribution < -0.4 is 5.46 Å². The van der Waals surface area contributed by atoms with Gasteiger partial charge in [-0.15, -0.1) is 0 Å². The highest BCUT2D eigenvalue weighted by molar-refractivity contribution is 6.40. The number of phenols is 1. The number of fused-ring (bicyclic) bond motifs is 3. The zero-order valence-electron chi connectivity index (χ0n) is 9.07. The minimum atomic E-state index is 0.359. The third-order valence-electron chi connectivity index (χ3n) is 3.10. The average Bonchev–Trinajstić information content (AvgIpc) is 2.33. The fraction of sp³-hybridized carbons (Fsp3) is 0. The largest absolute Gasteiger partial charge is 0.507 e. The van der Waals surface area contributed by atoms with Crippen LogP contribution in [0.2, 0.25) is 0 Å². The summed E-state index contributed by atoms with van der Waals surface area (Å²) in [6.45, 7) is 0. The van der Waals surface area contributed by atoms with Gasteiger partial charge in [0.2, 0.25) is 0 Å². The first-order chi connectivity index (χ1) is 7.77. The molecule has 0 heterocycles. The number of hydrogen-bond acceptors (Lipinski definition) is 1. The lowest BCUT2D eigenvalue weighted by atomic mass is 9.88. The molecule has 3 aromatic carbocycles. The van der Waals surface area contributed by atoms with Crippen LogP contribution in [-0.4, -0.2) is 13.0 Å². The Balaban J connectivity index is 2.64. The molecule has 0 aliphatic rings. The van der Waals surface area contributed by atoms with Gasteiger partial charge in [-0.25, -0.2) is 0 Å². The predicted octanol–water partition coefficient (Wildman–Crippen LogP) is 1.96. The SMILES string of the molecule is Bc1ccc(O)c2c1ccc1ccccc12. The molecule has 0 spiro atoms. The lowest BCUT2D eigenvalue weighted by Gasteiger charge is -2.08. The Morgan fingerprint density at radius 2 is 1.62 bits per heavy atom. The van der Waals surface area contributed by atoms with E-state index < -0.39 is 0 Å². The van der Waals surface area contributed by atoms with Gasteiger partial charge >= 0.3 is 0 Å². The van der Waals surface area contributed by atoms with Crippen molar-refractivity contribution in [1.82, 2.24) is 0 Å². The Hall–Kier alpha value is -1.96. The average molecular weight is 206 g/mol. The fourth-order valence-electron chi connectivity index (χ4n) is 2.25. The van der Waals surface area contributed by atoms with Crippen molar-refractivity contribution in [2.24, 2.45) is 0 Å². The summed E-state index contributed by atoms with van der Waals surface area (Å²) in [5, 5.41) is 14.3. The Morgan fingerprint density at radius 1 is 0.812 bits per heavy atom. The fourth-order valence-corrected chi connectivity index (χ4v) is 2.25. The molecule has 0 unspecified atom stereocenters. The normalized spacial score (nSPS) is 11.0. The van der Waals surface area contributed by atoms with E-state index in [0.717, 1.165) is 21.5 Å². The molecule has 0 aliphatic carbocycles. The second kappa shape index (κ2) is 3.27. The Kier molecular flexibility index (Phi) is 1.90. The van der Waals surface area contributed by atoms with E-state index in [1.807, 2.05) is 18.2 Å². The van der Waals surface area contributed by atoms with Crippen molar-refractivity contribution in [3.8, 4) is 5.75 Å². The van der Waals surface area contributed by atoms with Crippen LogP contribution in [0.15, 0.2) is 48.5 Å². The Labute approximate surface area is 94.7 Å². The molecule has 0 aliphatic heterocycles. The maximum absolute atomic E-state index is 9.99. The monoisotopic (exact) mass is 206 g/mol. The highest BCUT2D eigenvalue weighted by Gasteiger charge is 2.05. The lowest BCUT2D eigenvalue weighted by Crippen LogP contribution is -2.02. The molecule has 0 amide bonds. The molecular formula is C14H11BO. The van der Waals surface area contributed by atoms with Gasteiger partial charge in [-0.05, 0) is 22.2 Å². The van der Waals surface area contributed by atoms with E-state index in [1.54, 1.807) is 6.07 Å². The summed E-state index contributed by atoms with van der Waals surface area (Å²) < 4.78 is 0. The quantitative estimate of drug-likeness (QED) is 0.440. The van der Waals surface area contributed by atoms with Crippen molar-refractivity contribution in [3.05, 3.63) is 48.5 Å². The summed E-state index contributed by atoms with van der Waals surface area (Å²) in [7, 11) is 2.07. The van der Waals surface area contributed by atoms with Crippen LogP contribution in [0.5, 0.6) is 5.75 Å². The van der Waals surface area contributed by atoms with Crippen LogP contribution in [0.4, 0.5) is 0 Å². The molecule has 0 radical (unpaired) electrons. The number of benzene rings is 3. The zero-order valence-corrected chi connectivity index (χ0v) is 9.07. The Bertz CT molecular complexity index is 689. The molecular weight excluding hydrogens is 195 g/mol.